The van der Waals surface area contributed by atoms with E-state index in [1.54, 1.807) is 19.9 Å². The summed E-state index contributed by atoms with van der Waals surface area (Å²) in [5.74, 6) is -0.609. The largest absolute Gasteiger partial charge is 0.394 e. The Balaban J connectivity index is 4.42. The molecule has 1 amide bonds. The molecule has 140 valence electrons. The van der Waals surface area contributed by atoms with E-state index < -0.39 is 30.3 Å². The molecule has 7 heteroatoms. The monoisotopic (exact) mass is 345 g/mol. The number of carbonyl (C=O) groups is 1. The second-order valence-corrected chi connectivity index (χ2v) is 5.98. The topological polar surface area (TPSA) is 130 Å². The number of carbonyl (C=O) groups excluding carboxylic acids is 1. The van der Waals surface area contributed by atoms with Gasteiger partial charge in [0.05, 0.1) is 24.9 Å². The van der Waals surface area contributed by atoms with Crippen molar-refractivity contribution in [3.05, 3.63) is 23.3 Å². The van der Waals surface area contributed by atoms with Gasteiger partial charge in [-0.25, -0.2) is 0 Å². The molecule has 0 bridgehead atoms. The van der Waals surface area contributed by atoms with Gasteiger partial charge in [-0.2, -0.15) is 0 Å². The van der Waals surface area contributed by atoms with Crippen LogP contribution in [0.5, 0.6) is 0 Å². The second-order valence-electron chi connectivity index (χ2n) is 5.98. The summed E-state index contributed by atoms with van der Waals surface area (Å²) in [6.45, 7) is 5.03. The maximum atomic E-state index is 11.7. The predicted octanol–water partition coefficient (Wildman–Crippen LogP) is -0.379. The summed E-state index contributed by atoms with van der Waals surface area (Å²) in [5, 5.41) is 49.7. The summed E-state index contributed by atoms with van der Waals surface area (Å²) < 4.78 is 0. The maximum Gasteiger partial charge on any atom is 0.252 e. The van der Waals surface area contributed by atoms with E-state index in [0.717, 1.165) is 0 Å². The Kier molecular flexibility index (Phi) is 11.5. The molecule has 0 saturated carbocycles. The van der Waals surface area contributed by atoms with Crippen molar-refractivity contribution in [1.82, 2.24) is 5.32 Å². The summed E-state index contributed by atoms with van der Waals surface area (Å²) in [4.78, 5) is 11.7. The fraction of sp³-hybridized carbons (Fsp3) is 0.706. The Hall–Kier alpha value is -1.25. The minimum atomic E-state index is -1.35. The van der Waals surface area contributed by atoms with Crippen molar-refractivity contribution in [3.63, 3.8) is 0 Å². The fourth-order valence-electron chi connectivity index (χ4n) is 2.10. The summed E-state index contributed by atoms with van der Waals surface area (Å²) in [5.41, 5.74) is 1.31. The van der Waals surface area contributed by atoms with E-state index in [-0.39, 0.29) is 26.0 Å². The molecule has 0 aliphatic rings. The fourth-order valence-corrected chi connectivity index (χ4v) is 2.10. The van der Waals surface area contributed by atoms with Gasteiger partial charge in [0.2, 0.25) is 0 Å². The lowest BCUT2D eigenvalue weighted by molar-refractivity contribution is -0.127. The van der Waals surface area contributed by atoms with Gasteiger partial charge in [-0.3, -0.25) is 4.79 Å². The quantitative estimate of drug-likeness (QED) is 0.283. The average Bonchev–Trinajstić information content (AvgIpc) is 2.52. The van der Waals surface area contributed by atoms with Crippen LogP contribution in [0.2, 0.25) is 0 Å². The summed E-state index contributed by atoms with van der Waals surface area (Å²) in [6, 6.07) is 0. The molecule has 24 heavy (non-hydrogen) atoms. The Bertz CT molecular complexity index is 435. The van der Waals surface area contributed by atoms with Crippen LogP contribution in [0.25, 0.3) is 0 Å². The first-order valence-electron chi connectivity index (χ1n) is 8.17. The van der Waals surface area contributed by atoms with Gasteiger partial charge in [-0.1, -0.05) is 18.6 Å². The molecule has 4 atom stereocenters. The molecule has 0 spiro atoms. The standard InChI is InChI=1S/C17H31NO6/c1-4-15(22)12(3)9-14(21)7-11(2)8-16(23)17(24)18-6-5-13(20)10-19/h8-9,13-16,19-23H,4-7,10H2,1-3H3,(H,18,24). The zero-order valence-corrected chi connectivity index (χ0v) is 14.6. The van der Waals surface area contributed by atoms with Crippen molar-refractivity contribution in [2.24, 2.45) is 0 Å². The number of nitrogens with one attached hydrogen (secondary N) is 1. The Morgan fingerprint density at radius 3 is 2.29 bits per heavy atom. The van der Waals surface area contributed by atoms with Crippen LogP contribution in [0.3, 0.4) is 0 Å². The molecule has 0 heterocycles. The van der Waals surface area contributed by atoms with E-state index in [0.29, 0.717) is 17.6 Å². The van der Waals surface area contributed by atoms with Crippen LogP contribution in [0.4, 0.5) is 0 Å². The molecule has 0 aromatic carbocycles. The maximum absolute atomic E-state index is 11.7. The SMILES string of the molecule is CCC(O)C(C)=CC(O)CC(C)=CC(O)C(=O)NCCC(O)CO. The van der Waals surface area contributed by atoms with Crippen LogP contribution in [0, 0.1) is 0 Å². The molecule has 7 nitrogen and oxygen atoms in total. The number of aliphatic hydroxyl groups excluding tert-OH is 5. The van der Waals surface area contributed by atoms with E-state index >= 15 is 0 Å². The van der Waals surface area contributed by atoms with Crippen molar-refractivity contribution in [1.29, 1.82) is 0 Å². The highest BCUT2D eigenvalue weighted by atomic mass is 16.3. The van der Waals surface area contributed by atoms with Gasteiger partial charge in [0.15, 0.2) is 6.10 Å². The van der Waals surface area contributed by atoms with Gasteiger partial charge in [-0.15, -0.1) is 0 Å². The molecule has 0 aliphatic heterocycles. The number of hydrogen-bond donors (Lipinski definition) is 6. The Labute approximate surface area is 143 Å². The Morgan fingerprint density at radius 2 is 1.75 bits per heavy atom. The second kappa shape index (κ2) is 12.2. The van der Waals surface area contributed by atoms with Crippen LogP contribution in [0.1, 0.15) is 40.0 Å². The third-order valence-electron chi connectivity index (χ3n) is 3.60. The van der Waals surface area contributed by atoms with Crippen molar-refractivity contribution >= 4 is 5.91 Å². The average molecular weight is 345 g/mol. The van der Waals surface area contributed by atoms with Gasteiger partial charge >= 0.3 is 0 Å². The summed E-state index contributed by atoms with van der Waals surface area (Å²) in [7, 11) is 0. The lowest BCUT2D eigenvalue weighted by Crippen LogP contribution is -2.35. The molecule has 0 saturated heterocycles. The van der Waals surface area contributed by atoms with E-state index in [1.807, 2.05) is 6.92 Å². The van der Waals surface area contributed by atoms with Gasteiger partial charge in [0.1, 0.15) is 0 Å². The molecular weight excluding hydrogens is 314 g/mol. The summed E-state index contributed by atoms with van der Waals surface area (Å²) >= 11 is 0. The van der Waals surface area contributed by atoms with Crippen LogP contribution in [0.15, 0.2) is 23.3 Å². The molecule has 6 N–H and O–H groups in total. The van der Waals surface area contributed by atoms with Gasteiger partial charge in [0, 0.05) is 6.54 Å². The molecule has 0 aromatic heterocycles. The lowest BCUT2D eigenvalue weighted by atomic mass is 10.0. The van der Waals surface area contributed by atoms with Gasteiger partial charge in [-0.05, 0) is 44.8 Å². The molecular formula is C17H31NO6. The molecule has 0 aromatic rings. The third kappa shape index (κ3) is 9.79. The van der Waals surface area contributed by atoms with E-state index in [1.165, 1.54) is 6.08 Å². The molecule has 0 aliphatic carbocycles. The number of amides is 1. The minimum Gasteiger partial charge on any atom is -0.394 e. The van der Waals surface area contributed by atoms with Crippen molar-refractivity contribution in [3.8, 4) is 0 Å². The molecule has 0 fully saturated rings. The van der Waals surface area contributed by atoms with Crippen LogP contribution >= 0.6 is 0 Å². The number of hydrogen-bond acceptors (Lipinski definition) is 6. The van der Waals surface area contributed by atoms with Crippen LogP contribution in [-0.4, -0.2) is 69.0 Å². The minimum absolute atomic E-state index is 0.143. The summed E-state index contributed by atoms with van der Waals surface area (Å²) in [6.07, 6.45) is 0.259. The van der Waals surface area contributed by atoms with Gasteiger partial charge < -0.3 is 30.8 Å². The van der Waals surface area contributed by atoms with Crippen LogP contribution < -0.4 is 5.32 Å². The number of rotatable bonds is 11. The smallest absolute Gasteiger partial charge is 0.252 e. The lowest BCUT2D eigenvalue weighted by Gasteiger charge is -2.13. The van der Waals surface area contributed by atoms with Crippen molar-refractivity contribution < 1.29 is 30.3 Å². The first-order chi connectivity index (χ1) is 11.2. The highest BCUT2D eigenvalue weighted by molar-refractivity contribution is 5.82. The van der Waals surface area contributed by atoms with Crippen molar-refractivity contribution in [2.45, 2.75) is 64.4 Å². The van der Waals surface area contributed by atoms with E-state index in [2.05, 4.69) is 5.32 Å². The number of aliphatic hydroxyl groups is 5. The first kappa shape index (κ1) is 22.8. The predicted molar refractivity (Wildman–Crippen MR) is 91.2 cm³/mol. The normalized spacial score (nSPS) is 18.0. The van der Waals surface area contributed by atoms with Crippen molar-refractivity contribution in [2.75, 3.05) is 13.2 Å². The third-order valence-corrected chi connectivity index (χ3v) is 3.60. The van der Waals surface area contributed by atoms with Crippen LogP contribution in [-0.2, 0) is 4.79 Å². The van der Waals surface area contributed by atoms with Gasteiger partial charge in [0.25, 0.3) is 5.91 Å². The zero-order chi connectivity index (χ0) is 18.7. The first-order valence-corrected chi connectivity index (χ1v) is 8.17. The Morgan fingerprint density at radius 1 is 1.12 bits per heavy atom. The van der Waals surface area contributed by atoms with E-state index in [9.17, 15) is 20.1 Å². The molecule has 4 unspecified atom stereocenters. The molecule has 0 rings (SSSR count). The highest BCUT2D eigenvalue weighted by Gasteiger charge is 2.14. The van der Waals surface area contributed by atoms with E-state index in [4.69, 9.17) is 10.2 Å². The molecule has 0 radical (unpaired) electrons. The highest BCUT2D eigenvalue weighted by Crippen LogP contribution is 2.12. The zero-order valence-electron chi connectivity index (χ0n) is 14.6.